The molecule has 3 aromatic rings. The quantitative estimate of drug-likeness (QED) is 0.369. The summed E-state index contributed by atoms with van der Waals surface area (Å²) in [6.45, 7) is 0.788. The van der Waals surface area contributed by atoms with Crippen molar-refractivity contribution < 1.29 is 30.7 Å². The summed E-state index contributed by atoms with van der Waals surface area (Å²) < 4.78 is 88.3. The molecule has 0 amide bonds. The molecule has 0 radical (unpaired) electrons. The van der Waals surface area contributed by atoms with Gasteiger partial charge in [-0.15, -0.1) is 0 Å². The van der Waals surface area contributed by atoms with Gasteiger partial charge in [0.2, 0.25) is 10.0 Å². The maximum absolute atomic E-state index is 14.1. The van der Waals surface area contributed by atoms with Crippen LogP contribution in [0.2, 0.25) is 5.02 Å². The van der Waals surface area contributed by atoms with Gasteiger partial charge in [0.05, 0.1) is 12.7 Å². The molecule has 0 N–H and O–H groups in total. The highest BCUT2D eigenvalue weighted by Crippen LogP contribution is 2.26. The van der Waals surface area contributed by atoms with Crippen molar-refractivity contribution in [2.45, 2.75) is 17.6 Å². The van der Waals surface area contributed by atoms with Gasteiger partial charge in [0.25, 0.3) is 0 Å². The van der Waals surface area contributed by atoms with Crippen LogP contribution in [0.25, 0.3) is 0 Å². The Hall–Kier alpha value is -2.50. The molecule has 3 aromatic carbocycles. The molecule has 1 heterocycles. The van der Waals surface area contributed by atoms with Gasteiger partial charge in [0, 0.05) is 49.4 Å². The van der Waals surface area contributed by atoms with Crippen LogP contribution in [0.5, 0.6) is 0 Å². The van der Waals surface area contributed by atoms with Crippen molar-refractivity contribution >= 4 is 21.6 Å². The summed E-state index contributed by atoms with van der Waals surface area (Å²) in [7, 11) is -4.14. The van der Waals surface area contributed by atoms with Crippen molar-refractivity contribution in [1.82, 2.24) is 9.21 Å². The minimum atomic E-state index is -4.14. The van der Waals surface area contributed by atoms with Crippen molar-refractivity contribution in [3.8, 4) is 0 Å². The van der Waals surface area contributed by atoms with E-state index in [9.17, 15) is 26.0 Å². The van der Waals surface area contributed by atoms with E-state index in [0.29, 0.717) is 30.7 Å². The second kappa shape index (κ2) is 11.3. The number of rotatable bonds is 8. The largest absolute Gasteiger partial charge is 0.367 e. The third-order valence-corrected chi connectivity index (χ3v) is 8.18. The Morgan fingerprint density at radius 3 is 2.11 bits per heavy atom. The first-order chi connectivity index (χ1) is 17.1. The maximum atomic E-state index is 14.1. The van der Waals surface area contributed by atoms with E-state index >= 15 is 0 Å². The number of hydrogen-bond donors (Lipinski definition) is 0. The number of piperazine rings is 1. The SMILES string of the molecule is O=S(=O)(c1ccc(F)cc1F)N1CCN(CC(OCc2c(F)cccc2F)c2ccc(Cl)cc2)CC1. The predicted molar refractivity (Wildman–Crippen MR) is 127 cm³/mol. The molecule has 1 atom stereocenters. The summed E-state index contributed by atoms with van der Waals surface area (Å²) in [5, 5.41) is 0.518. The first-order valence-corrected chi connectivity index (χ1v) is 12.9. The summed E-state index contributed by atoms with van der Waals surface area (Å²) in [5.41, 5.74) is 0.549. The minimum absolute atomic E-state index is 0.0778. The molecule has 1 saturated heterocycles. The standard InChI is InChI=1S/C25H23ClF4N2O3S/c26-18-6-4-17(5-7-18)24(35-16-20-21(28)2-1-3-22(20)29)15-31-10-12-32(13-11-31)36(33,34)25-9-8-19(27)14-23(25)30/h1-9,14,24H,10-13,15-16H2. The molecule has 1 unspecified atom stereocenters. The fraction of sp³-hybridized carbons (Fsp3) is 0.280. The maximum Gasteiger partial charge on any atom is 0.246 e. The van der Waals surface area contributed by atoms with Gasteiger partial charge in [-0.05, 0) is 42.0 Å². The first-order valence-electron chi connectivity index (χ1n) is 11.1. The van der Waals surface area contributed by atoms with Crippen LogP contribution in [0.4, 0.5) is 17.6 Å². The van der Waals surface area contributed by atoms with Gasteiger partial charge < -0.3 is 4.74 Å². The predicted octanol–water partition coefficient (Wildman–Crippen LogP) is 5.16. The Bertz CT molecular complexity index is 1300. The van der Waals surface area contributed by atoms with E-state index in [2.05, 4.69) is 0 Å². The molecule has 0 aliphatic carbocycles. The second-order valence-electron chi connectivity index (χ2n) is 8.33. The second-order valence-corrected chi connectivity index (χ2v) is 10.7. The zero-order valence-electron chi connectivity index (χ0n) is 19.0. The highest BCUT2D eigenvalue weighted by atomic mass is 35.5. The van der Waals surface area contributed by atoms with Crippen molar-refractivity contribution in [3.63, 3.8) is 0 Å². The summed E-state index contributed by atoms with van der Waals surface area (Å²) in [6.07, 6.45) is -0.584. The Balaban J connectivity index is 1.45. The van der Waals surface area contributed by atoms with E-state index in [4.69, 9.17) is 16.3 Å². The number of nitrogens with zero attached hydrogens (tertiary/aromatic N) is 2. The van der Waals surface area contributed by atoms with E-state index in [1.54, 1.807) is 24.3 Å². The van der Waals surface area contributed by atoms with Gasteiger partial charge in [-0.2, -0.15) is 4.31 Å². The fourth-order valence-corrected chi connectivity index (χ4v) is 5.59. The van der Waals surface area contributed by atoms with E-state index in [1.807, 2.05) is 4.90 Å². The van der Waals surface area contributed by atoms with Crippen LogP contribution >= 0.6 is 11.6 Å². The van der Waals surface area contributed by atoms with E-state index in [0.717, 1.165) is 34.1 Å². The van der Waals surface area contributed by atoms with Gasteiger partial charge in [-0.1, -0.05) is 29.8 Å². The summed E-state index contributed by atoms with van der Waals surface area (Å²) >= 11 is 5.99. The van der Waals surface area contributed by atoms with E-state index < -0.39 is 44.3 Å². The number of hydrogen-bond acceptors (Lipinski definition) is 4. The third kappa shape index (κ3) is 6.07. The number of ether oxygens (including phenoxy) is 1. The van der Waals surface area contributed by atoms with Crippen LogP contribution < -0.4 is 0 Å². The molecular formula is C25H23ClF4N2O3S. The average molecular weight is 543 g/mol. The number of halogens is 5. The Labute approximate surface area is 211 Å². The third-order valence-electron chi connectivity index (χ3n) is 6.00. The molecule has 36 heavy (non-hydrogen) atoms. The summed E-state index contributed by atoms with van der Waals surface area (Å²) in [6, 6.07) is 12.8. The summed E-state index contributed by atoms with van der Waals surface area (Å²) in [5.74, 6) is -3.43. The molecule has 0 spiro atoms. The van der Waals surface area contributed by atoms with Crippen LogP contribution in [-0.4, -0.2) is 50.3 Å². The molecule has 192 valence electrons. The molecule has 5 nitrogen and oxygen atoms in total. The first kappa shape index (κ1) is 26.6. The van der Waals surface area contributed by atoms with Crippen molar-refractivity contribution in [2.75, 3.05) is 32.7 Å². The summed E-state index contributed by atoms with van der Waals surface area (Å²) in [4.78, 5) is 1.37. The lowest BCUT2D eigenvalue weighted by Gasteiger charge is -2.36. The molecule has 0 aromatic heterocycles. The zero-order valence-corrected chi connectivity index (χ0v) is 20.6. The molecule has 1 aliphatic rings. The zero-order chi connectivity index (χ0) is 25.9. The smallest absolute Gasteiger partial charge is 0.246 e. The monoisotopic (exact) mass is 542 g/mol. The highest BCUT2D eigenvalue weighted by molar-refractivity contribution is 7.89. The van der Waals surface area contributed by atoms with Crippen molar-refractivity contribution in [1.29, 1.82) is 0 Å². The van der Waals surface area contributed by atoms with Gasteiger partial charge >= 0.3 is 0 Å². The Kier molecular flexibility index (Phi) is 8.31. The van der Waals surface area contributed by atoms with E-state index in [-0.39, 0.29) is 25.3 Å². The molecule has 4 rings (SSSR count). The molecule has 1 fully saturated rings. The van der Waals surface area contributed by atoms with Crippen LogP contribution in [0.1, 0.15) is 17.2 Å². The Morgan fingerprint density at radius 1 is 0.861 bits per heavy atom. The Morgan fingerprint density at radius 2 is 1.50 bits per heavy atom. The van der Waals surface area contributed by atoms with Gasteiger partial charge in [-0.3, -0.25) is 4.90 Å². The average Bonchev–Trinajstić information content (AvgIpc) is 2.83. The van der Waals surface area contributed by atoms with Gasteiger partial charge in [0.1, 0.15) is 28.2 Å². The van der Waals surface area contributed by atoms with E-state index in [1.165, 1.54) is 6.07 Å². The molecule has 1 aliphatic heterocycles. The molecule has 11 heteroatoms. The van der Waals surface area contributed by atoms with Crippen LogP contribution in [-0.2, 0) is 21.4 Å². The normalized spacial score (nSPS) is 16.2. The number of sulfonamides is 1. The van der Waals surface area contributed by atoms with Crippen LogP contribution in [0.15, 0.2) is 65.6 Å². The van der Waals surface area contributed by atoms with Crippen molar-refractivity contribution in [3.05, 3.63) is 100 Å². The fourth-order valence-electron chi connectivity index (χ4n) is 4.00. The van der Waals surface area contributed by atoms with Gasteiger partial charge in [0.15, 0.2) is 0 Å². The van der Waals surface area contributed by atoms with Gasteiger partial charge in [-0.25, -0.2) is 26.0 Å². The molecular weight excluding hydrogens is 520 g/mol. The minimum Gasteiger partial charge on any atom is -0.367 e. The highest BCUT2D eigenvalue weighted by Gasteiger charge is 2.31. The number of benzene rings is 3. The lowest BCUT2D eigenvalue weighted by Crippen LogP contribution is -2.49. The van der Waals surface area contributed by atoms with Crippen LogP contribution in [0.3, 0.4) is 0 Å². The topological polar surface area (TPSA) is 49.9 Å². The van der Waals surface area contributed by atoms with Crippen LogP contribution in [0, 0.1) is 23.3 Å². The molecule has 0 bridgehead atoms. The lowest BCUT2D eigenvalue weighted by atomic mass is 10.1. The molecule has 0 saturated carbocycles. The van der Waals surface area contributed by atoms with Crippen molar-refractivity contribution in [2.24, 2.45) is 0 Å². The lowest BCUT2D eigenvalue weighted by molar-refractivity contribution is 0.00546.